The molecule has 0 bridgehead atoms. The molecule has 2 atom stereocenters. The van der Waals surface area contributed by atoms with Gasteiger partial charge in [-0.05, 0) is 6.42 Å². The minimum absolute atomic E-state index is 0.0492. The third kappa shape index (κ3) is 3.77. The molecule has 6 nitrogen and oxygen atoms in total. The van der Waals surface area contributed by atoms with Crippen LogP contribution in [0.1, 0.15) is 6.42 Å². The van der Waals surface area contributed by atoms with Gasteiger partial charge in [-0.1, -0.05) is 0 Å². The Morgan fingerprint density at radius 3 is 2.67 bits per heavy atom. The Labute approximate surface area is 88.2 Å². The Bertz CT molecular complexity index is 326. The van der Waals surface area contributed by atoms with Crippen molar-refractivity contribution in [1.82, 2.24) is 5.32 Å². The van der Waals surface area contributed by atoms with Crippen molar-refractivity contribution >= 4 is 15.7 Å². The van der Waals surface area contributed by atoms with Crippen molar-refractivity contribution in [1.29, 1.82) is 0 Å². The number of hydrogen-bond donors (Lipinski definition) is 3. The number of carbonyl (C=O) groups excluding carboxylic acids is 1. The van der Waals surface area contributed by atoms with Gasteiger partial charge >= 0.3 is 0 Å². The maximum absolute atomic E-state index is 11.4. The fourth-order valence-electron chi connectivity index (χ4n) is 1.43. The van der Waals surface area contributed by atoms with Gasteiger partial charge in [0.25, 0.3) is 0 Å². The van der Waals surface area contributed by atoms with Crippen molar-refractivity contribution in [2.45, 2.75) is 12.5 Å². The van der Waals surface area contributed by atoms with E-state index < -0.39 is 28.5 Å². The van der Waals surface area contributed by atoms with Gasteiger partial charge in [-0.2, -0.15) is 0 Å². The summed E-state index contributed by atoms with van der Waals surface area (Å²) in [6, 6.07) is 0. The molecule has 1 rings (SSSR count). The van der Waals surface area contributed by atoms with Crippen LogP contribution in [0.5, 0.6) is 0 Å². The predicted octanol–water partition coefficient (Wildman–Crippen LogP) is -2.11. The summed E-state index contributed by atoms with van der Waals surface area (Å²) in [5.74, 6) is -0.953. The lowest BCUT2D eigenvalue weighted by atomic mass is 10.1. The molecule has 0 saturated carbocycles. The quantitative estimate of drug-likeness (QED) is 0.519. The summed E-state index contributed by atoms with van der Waals surface area (Å²) in [4.78, 5) is 11.4. The van der Waals surface area contributed by atoms with E-state index in [0.29, 0.717) is 6.42 Å². The molecule has 1 aliphatic heterocycles. The summed E-state index contributed by atoms with van der Waals surface area (Å²) in [5.41, 5.74) is 0. The van der Waals surface area contributed by atoms with Crippen LogP contribution in [0.2, 0.25) is 0 Å². The number of sulfone groups is 1. The molecule has 0 aromatic carbocycles. The zero-order valence-electron chi connectivity index (χ0n) is 8.22. The second kappa shape index (κ2) is 4.91. The molecule has 1 heterocycles. The van der Waals surface area contributed by atoms with Gasteiger partial charge in [-0.25, -0.2) is 8.42 Å². The van der Waals surface area contributed by atoms with E-state index in [-0.39, 0.29) is 24.0 Å². The van der Waals surface area contributed by atoms with Crippen molar-refractivity contribution in [3.05, 3.63) is 0 Å². The minimum Gasteiger partial charge on any atom is -0.394 e. The largest absolute Gasteiger partial charge is 0.394 e. The van der Waals surface area contributed by atoms with Crippen molar-refractivity contribution < 1.29 is 23.4 Å². The normalized spacial score (nSPS) is 26.1. The molecule has 3 N–H and O–H groups in total. The van der Waals surface area contributed by atoms with Crippen molar-refractivity contribution in [2.24, 2.45) is 5.92 Å². The van der Waals surface area contributed by atoms with Crippen LogP contribution in [0.15, 0.2) is 0 Å². The number of aliphatic hydroxyl groups excluding tert-OH is 2. The summed E-state index contributed by atoms with van der Waals surface area (Å²) in [7, 11) is -3.06. The Hall–Kier alpha value is -0.660. The van der Waals surface area contributed by atoms with Crippen molar-refractivity contribution in [3.63, 3.8) is 0 Å². The van der Waals surface area contributed by atoms with Crippen LogP contribution >= 0.6 is 0 Å². The molecule has 88 valence electrons. The van der Waals surface area contributed by atoms with E-state index >= 15 is 0 Å². The number of rotatable bonds is 4. The number of amides is 1. The molecule has 1 amide bonds. The Balaban J connectivity index is 2.36. The van der Waals surface area contributed by atoms with Gasteiger partial charge in [0.05, 0.1) is 30.1 Å². The average molecular weight is 237 g/mol. The lowest BCUT2D eigenvalue weighted by Crippen LogP contribution is -2.38. The molecular weight excluding hydrogens is 222 g/mol. The van der Waals surface area contributed by atoms with Gasteiger partial charge < -0.3 is 15.5 Å². The highest BCUT2D eigenvalue weighted by Crippen LogP contribution is 2.18. The lowest BCUT2D eigenvalue weighted by molar-refractivity contribution is -0.124. The van der Waals surface area contributed by atoms with Gasteiger partial charge in [-0.3, -0.25) is 4.79 Å². The topological polar surface area (TPSA) is 104 Å². The molecule has 0 spiro atoms. The van der Waals surface area contributed by atoms with E-state index in [0.717, 1.165) is 0 Å². The Morgan fingerprint density at radius 2 is 2.20 bits per heavy atom. The first-order valence-corrected chi connectivity index (χ1v) is 6.54. The second-order valence-electron chi connectivity index (χ2n) is 3.68. The summed E-state index contributed by atoms with van der Waals surface area (Å²) < 4.78 is 22.1. The van der Waals surface area contributed by atoms with Crippen LogP contribution in [0, 0.1) is 5.92 Å². The average Bonchev–Trinajstić information content (AvgIpc) is 2.54. The van der Waals surface area contributed by atoms with Gasteiger partial charge in [0, 0.05) is 6.54 Å². The fraction of sp³-hybridized carbons (Fsp3) is 0.875. The molecule has 1 fully saturated rings. The van der Waals surface area contributed by atoms with E-state index in [1.54, 1.807) is 0 Å². The van der Waals surface area contributed by atoms with Gasteiger partial charge in [0.1, 0.15) is 0 Å². The van der Waals surface area contributed by atoms with Gasteiger partial charge in [0.15, 0.2) is 9.84 Å². The number of hydrogen-bond acceptors (Lipinski definition) is 5. The van der Waals surface area contributed by atoms with E-state index in [1.165, 1.54) is 0 Å². The number of aliphatic hydroxyl groups is 2. The molecule has 7 heteroatoms. The third-order valence-electron chi connectivity index (χ3n) is 2.33. The van der Waals surface area contributed by atoms with Crippen LogP contribution in [0.4, 0.5) is 0 Å². The zero-order chi connectivity index (χ0) is 11.5. The number of carbonyl (C=O) groups is 1. The smallest absolute Gasteiger partial charge is 0.224 e. The molecule has 0 aliphatic carbocycles. The summed E-state index contributed by atoms with van der Waals surface area (Å²) in [6.45, 7) is -0.477. The minimum atomic E-state index is -3.06. The van der Waals surface area contributed by atoms with Crippen molar-refractivity contribution in [2.75, 3.05) is 24.7 Å². The van der Waals surface area contributed by atoms with E-state index in [9.17, 15) is 13.2 Å². The Kier molecular flexibility index (Phi) is 4.06. The van der Waals surface area contributed by atoms with E-state index in [2.05, 4.69) is 5.32 Å². The molecule has 0 aromatic heterocycles. The highest BCUT2D eigenvalue weighted by Gasteiger charge is 2.32. The van der Waals surface area contributed by atoms with Crippen LogP contribution in [0.25, 0.3) is 0 Å². The lowest BCUT2D eigenvalue weighted by Gasteiger charge is -2.11. The number of nitrogens with one attached hydrogen (secondary N) is 1. The van der Waals surface area contributed by atoms with Crippen molar-refractivity contribution in [3.8, 4) is 0 Å². The standard InChI is InChI=1S/C8H15NO5S/c10-4-7(11)3-9-8(12)6-1-2-15(13,14)5-6/h6-7,10-11H,1-5H2,(H,9,12). The monoisotopic (exact) mass is 237 g/mol. The fourth-order valence-corrected chi connectivity index (χ4v) is 3.17. The molecule has 1 saturated heterocycles. The molecule has 15 heavy (non-hydrogen) atoms. The summed E-state index contributed by atoms with van der Waals surface area (Å²) in [5, 5.41) is 19.9. The van der Waals surface area contributed by atoms with Crippen LogP contribution in [-0.4, -0.2) is 55.3 Å². The van der Waals surface area contributed by atoms with E-state index in [4.69, 9.17) is 10.2 Å². The van der Waals surface area contributed by atoms with E-state index in [1.807, 2.05) is 0 Å². The second-order valence-corrected chi connectivity index (χ2v) is 5.91. The SMILES string of the molecule is O=C(NCC(O)CO)C1CCS(=O)(=O)C1. The van der Waals surface area contributed by atoms with Crippen LogP contribution in [0.3, 0.4) is 0 Å². The maximum Gasteiger partial charge on any atom is 0.224 e. The highest BCUT2D eigenvalue weighted by atomic mass is 32.2. The van der Waals surface area contributed by atoms with Crippen LogP contribution < -0.4 is 5.32 Å². The summed E-state index contributed by atoms with van der Waals surface area (Å²) in [6.07, 6.45) is -0.657. The molecule has 0 radical (unpaired) electrons. The molecule has 1 aliphatic rings. The first-order chi connectivity index (χ1) is 6.94. The van der Waals surface area contributed by atoms with Gasteiger partial charge in [-0.15, -0.1) is 0 Å². The van der Waals surface area contributed by atoms with Gasteiger partial charge in [0.2, 0.25) is 5.91 Å². The molecular formula is C8H15NO5S. The predicted molar refractivity (Wildman–Crippen MR) is 52.9 cm³/mol. The third-order valence-corrected chi connectivity index (χ3v) is 4.09. The summed E-state index contributed by atoms with van der Waals surface area (Å²) >= 11 is 0. The Morgan fingerprint density at radius 1 is 1.53 bits per heavy atom. The molecule has 2 unspecified atom stereocenters. The first-order valence-electron chi connectivity index (χ1n) is 4.71. The maximum atomic E-state index is 11.4. The van der Waals surface area contributed by atoms with Crippen LogP contribution in [-0.2, 0) is 14.6 Å². The first kappa shape index (κ1) is 12.4. The highest BCUT2D eigenvalue weighted by molar-refractivity contribution is 7.91. The zero-order valence-corrected chi connectivity index (χ0v) is 9.03. The molecule has 0 aromatic rings.